The molecule has 4 nitrogen and oxygen atoms in total. The fourth-order valence-corrected chi connectivity index (χ4v) is 2.53. The molecule has 0 radical (unpaired) electrons. The summed E-state index contributed by atoms with van der Waals surface area (Å²) in [4.78, 5) is 13.5. The Balaban J connectivity index is 1.98. The van der Waals surface area contributed by atoms with E-state index in [9.17, 15) is 4.79 Å². The molecule has 1 fully saturated rings. The number of carboxylic acids is 1. The van der Waals surface area contributed by atoms with Gasteiger partial charge in [-0.2, -0.15) is 0 Å². The van der Waals surface area contributed by atoms with E-state index in [1.807, 2.05) is 10.8 Å². The first-order valence-electron chi connectivity index (χ1n) is 6.20. The standard InChI is InChI=1S/C13H20N2O2/c1-10(2)14-7-5-11(8-14)9-15-6-3-4-12(15)13(16)17/h3-4,6,10-11H,5,7-9H2,1-2H3,(H,16,17). The zero-order valence-corrected chi connectivity index (χ0v) is 10.5. The summed E-state index contributed by atoms with van der Waals surface area (Å²) in [6, 6.07) is 4.06. The zero-order valence-electron chi connectivity index (χ0n) is 10.5. The molecule has 1 aliphatic heterocycles. The molecule has 1 aromatic heterocycles. The minimum Gasteiger partial charge on any atom is -0.477 e. The first-order chi connectivity index (χ1) is 8.08. The van der Waals surface area contributed by atoms with Crippen molar-refractivity contribution in [2.45, 2.75) is 32.9 Å². The maximum absolute atomic E-state index is 11.0. The number of aromatic nitrogens is 1. The van der Waals surface area contributed by atoms with Gasteiger partial charge in [0, 0.05) is 25.3 Å². The molecule has 1 aromatic rings. The van der Waals surface area contributed by atoms with Crippen molar-refractivity contribution in [3.8, 4) is 0 Å². The fraction of sp³-hybridized carbons (Fsp3) is 0.615. The Morgan fingerprint density at radius 2 is 2.35 bits per heavy atom. The number of aromatic carboxylic acids is 1. The van der Waals surface area contributed by atoms with E-state index in [4.69, 9.17) is 5.11 Å². The Hall–Kier alpha value is -1.29. The second kappa shape index (κ2) is 4.92. The predicted molar refractivity (Wildman–Crippen MR) is 66.2 cm³/mol. The van der Waals surface area contributed by atoms with E-state index in [0.29, 0.717) is 17.7 Å². The van der Waals surface area contributed by atoms with Crippen molar-refractivity contribution in [2.24, 2.45) is 5.92 Å². The number of likely N-dealkylation sites (tertiary alicyclic amines) is 1. The Morgan fingerprint density at radius 1 is 1.59 bits per heavy atom. The number of carbonyl (C=O) groups is 1. The molecule has 0 aliphatic carbocycles. The summed E-state index contributed by atoms with van der Waals surface area (Å²) in [6.07, 6.45) is 3.02. The third-order valence-electron chi connectivity index (χ3n) is 3.55. The zero-order chi connectivity index (χ0) is 12.4. The topological polar surface area (TPSA) is 45.5 Å². The average molecular weight is 236 g/mol. The molecule has 2 rings (SSSR count). The van der Waals surface area contributed by atoms with Crippen LogP contribution in [0.2, 0.25) is 0 Å². The monoisotopic (exact) mass is 236 g/mol. The molecule has 1 unspecified atom stereocenters. The fourth-order valence-electron chi connectivity index (χ4n) is 2.53. The second-order valence-corrected chi connectivity index (χ2v) is 5.09. The SMILES string of the molecule is CC(C)N1CCC(Cn2cccc2C(=O)O)C1. The van der Waals surface area contributed by atoms with Gasteiger partial charge in [0.2, 0.25) is 0 Å². The molecule has 94 valence electrons. The number of rotatable bonds is 4. The van der Waals surface area contributed by atoms with Crippen molar-refractivity contribution < 1.29 is 9.90 Å². The minimum atomic E-state index is -0.839. The van der Waals surface area contributed by atoms with E-state index in [-0.39, 0.29) is 0 Å². The van der Waals surface area contributed by atoms with Gasteiger partial charge in [-0.1, -0.05) is 0 Å². The van der Waals surface area contributed by atoms with Crippen LogP contribution in [0.4, 0.5) is 0 Å². The summed E-state index contributed by atoms with van der Waals surface area (Å²) in [7, 11) is 0. The van der Waals surface area contributed by atoms with Gasteiger partial charge in [-0.05, 0) is 44.9 Å². The van der Waals surface area contributed by atoms with E-state index >= 15 is 0 Å². The molecule has 0 spiro atoms. The van der Waals surface area contributed by atoms with Gasteiger partial charge in [0.1, 0.15) is 5.69 Å². The molecule has 17 heavy (non-hydrogen) atoms. The minimum absolute atomic E-state index is 0.396. The van der Waals surface area contributed by atoms with Crippen molar-refractivity contribution in [1.82, 2.24) is 9.47 Å². The lowest BCUT2D eigenvalue weighted by Gasteiger charge is -2.20. The van der Waals surface area contributed by atoms with E-state index in [0.717, 1.165) is 26.1 Å². The lowest BCUT2D eigenvalue weighted by atomic mass is 10.1. The Kier molecular flexibility index (Phi) is 3.52. The van der Waals surface area contributed by atoms with Crippen LogP contribution >= 0.6 is 0 Å². The number of hydrogen-bond acceptors (Lipinski definition) is 2. The highest BCUT2D eigenvalue weighted by molar-refractivity contribution is 5.85. The van der Waals surface area contributed by atoms with Crippen molar-refractivity contribution in [2.75, 3.05) is 13.1 Å². The third kappa shape index (κ3) is 2.69. The first-order valence-corrected chi connectivity index (χ1v) is 6.20. The highest BCUT2D eigenvalue weighted by atomic mass is 16.4. The first kappa shape index (κ1) is 12.2. The Morgan fingerprint density at radius 3 is 2.94 bits per heavy atom. The molecule has 1 N–H and O–H groups in total. The van der Waals surface area contributed by atoms with Crippen LogP contribution in [0.3, 0.4) is 0 Å². The van der Waals surface area contributed by atoms with Crippen molar-refractivity contribution in [1.29, 1.82) is 0 Å². The van der Waals surface area contributed by atoms with Crippen molar-refractivity contribution in [3.05, 3.63) is 24.0 Å². The van der Waals surface area contributed by atoms with Crippen LogP contribution in [-0.2, 0) is 6.54 Å². The smallest absolute Gasteiger partial charge is 0.352 e. The lowest BCUT2D eigenvalue weighted by molar-refractivity contribution is 0.0684. The van der Waals surface area contributed by atoms with Crippen LogP contribution in [0, 0.1) is 5.92 Å². The molecule has 0 aromatic carbocycles. The predicted octanol–water partition coefficient (Wildman–Crippen LogP) is 1.92. The number of nitrogens with zero attached hydrogens (tertiary/aromatic N) is 2. The normalized spacial score (nSPS) is 21.2. The van der Waals surface area contributed by atoms with E-state index in [1.165, 1.54) is 0 Å². The van der Waals surface area contributed by atoms with Crippen molar-refractivity contribution in [3.63, 3.8) is 0 Å². The molecular formula is C13H20N2O2. The maximum atomic E-state index is 11.0. The summed E-state index contributed by atoms with van der Waals surface area (Å²) in [5.41, 5.74) is 0.396. The molecule has 1 aliphatic rings. The van der Waals surface area contributed by atoms with Gasteiger partial charge in [0.15, 0.2) is 0 Å². The highest BCUT2D eigenvalue weighted by Gasteiger charge is 2.25. The van der Waals surface area contributed by atoms with Crippen LogP contribution in [0.5, 0.6) is 0 Å². The molecule has 2 heterocycles. The van der Waals surface area contributed by atoms with Crippen LogP contribution in [-0.4, -0.2) is 39.7 Å². The van der Waals surface area contributed by atoms with E-state index in [2.05, 4.69) is 18.7 Å². The van der Waals surface area contributed by atoms with Gasteiger partial charge in [-0.25, -0.2) is 4.79 Å². The van der Waals surface area contributed by atoms with E-state index in [1.54, 1.807) is 12.1 Å². The quantitative estimate of drug-likeness (QED) is 0.868. The Labute approximate surface area is 102 Å². The van der Waals surface area contributed by atoms with Gasteiger partial charge in [-0.3, -0.25) is 0 Å². The molecular weight excluding hydrogens is 216 g/mol. The summed E-state index contributed by atoms with van der Waals surface area (Å²) in [5, 5.41) is 9.04. The third-order valence-corrected chi connectivity index (χ3v) is 3.55. The summed E-state index contributed by atoms with van der Waals surface area (Å²) in [6.45, 7) is 7.44. The Bertz CT molecular complexity index is 398. The molecule has 0 saturated carbocycles. The van der Waals surface area contributed by atoms with Crippen LogP contribution < -0.4 is 0 Å². The van der Waals surface area contributed by atoms with Crippen LogP contribution in [0.25, 0.3) is 0 Å². The van der Waals surface area contributed by atoms with E-state index < -0.39 is 5.97 Å². The van der Waals surface area contributed by atoms with Gasteiger partial charge in [-0.15, -0.1) is 0 Å². The second-order valence-electron chi connectivity index (χ2n) is 5.09. The van der Waals surface area contributed by atoms with Crippen LogP contribution in [0.1, 0.15) is 30.8 Å². The molecule has 0 bridgehead atoms. The van der Waals surface area contributed by atoms with Crippen LogP contribution in [0.15, 0.2) is 18.3 Å². The number of hydrogen-bond donors (Lipinski definition) is 1. The average Bonchev–Trinajstić information content (AvgIpc) is 2.86. The largest absolute Gasteiger partial charge is 0.477 e. The molecule has 1 atom stereocenters. The number of carboxylic acid groups (broad SMARTS) is 1. The van der Waals surface area contributed by atoms with Gasteiger partial charge >= 0.3 is 5.97 Å². The van der Waals surface area contributed by atoms with Crippen molar-refractivity contribution >= 4 is 5.97 Å². The molecule has 1 saturated heterocycles. The van der Waals surface area contributed by atoms with Gasteiger partial charge in [0.05, 0.1) is 0 Å². The van der Waals surface area contributed by atoms with Gasteiger partial charge in [0.25, 0.3) is 0 Å². The molecule has 0 amide bonds. The maximum Gasteiger partial charge on any atom is 0.352 e. The highest BCUT2D eigenvalue weighted by Crippen LogP contribution is 2.21. The lowest BCUT2D eigenvalue weighted by Crippen LogP contribution is -2.29. The molecule has 4 heteroatoms. The van der Waals surface area contributed by atoms with Gasteiger partial charge < -0.3 is 14.6 Å². The summed E-state index contributed by atoms with van der Waals surface area (Å²) in [5.74, 6) is -0.267. The summed E-state index contributed by atoms with van der Waals surface area (Å²) >= 11 is 0. The summed E-state index contributed by atoms with van der Waals surface area (Å²) < 4.78 is 1.86.